The monoisotopic (exact) mass is 291 g/mol. The van der Waals surface area contributed by atoms with Crippen LogP contribution in [0.25, 0.3) is 0 Å². The highest BCUT2D eigenvalue weighted by atomic mass is 16.5. The average Bonchev–Trinajstić information content (AvgIpc) is 2.87. The van der Waals surface area contributed by atoms with Gasteiger partial charge in [0.05, 0.1) is 12.2 Å². The van der Waals surface area contributed by atoms with Gasteiger partial charge in [-0.2, -0.15) is 0 Å². The number of ether oxygens (including phenoxy) is 2. The summed E-state index contributed by atoms with van der Waals surface area (Å²) in [7, 11) is 0. The normalized spacial score (nSPS) is 23.5. The minimum atomic E-state index is 0.190. The molecule has 2 rings (SSSR count). The average molecular weight is 291 g/mol. The van der Waals surface area contributed by atoms with E-state index in [9.17, 15) is 0 Å². The molecule has 1 heterocycles. The van der Waals surface area contributed by atoms with Crippen molar-refractivity contribution in [2.24, 2.45) is 5.92 Å². The lowest BCUT2D eigenvalue weighted by Gasteiger charge is -2.29. The van der Waals surface area contributed by atoms with E-state index >= 15 is 0 Å². The summed E-state index contributed by atoms with van der Waals surface area (Å²) in [6, 6.07) is 8.72. The first kappa shape index (κ1) is 16.3. The fraction of sp³-hybridized carbons (Fsp3) is 0.667. The lowest BCUT2D eigenvalue weighted by atomic mass is 9.87. The minimum absolute atomic E-state index is 0.190. The molecule has 1 aliphatic heterocycles. The zero-order valence-electron chi connectivity index (χ0n) is 13.8. The van der Waals surface area contributed by atoms with Crippen molar-refractivity contribution in [3.63, 3.8) is 0 Å². The van der Waals surface area contributed by atoms with Crippen LogP contribution >= 0.6 is 0 Å². The van der Waals surface area contributed by atoms with Crippen molar-refractivity contribution in [1.29, 1.82) is 0 Å². The Morgan fingerprint density at radius 2 is 2.10 bits per heavy atom. The molecule has 1 fully saturated rings. The van der Waals surface area contributed by atoms with Crippen LogP contribution in [-0.2, 0) is 4.74 Å². The van der Waals surface area contributed by atoms with Gasteiger partial charge in [0, 0.05) is 24.1 Å². The largest absolute Gasteiger partial charge is 0.491 e. The van der Waals surface area contributed by atoms with E-state index in [1.807, 2.05) is 6.07 Å². The molecule has 1 aromatic carbocycles. The highest BCUT2D eigenvalue weighted by molar-refractivity contribution is 5.37. The summed E-state index contributed by atoms with van der Waals surface area (Å²) in [5, 5.41) is 3.71. The maximum Gasteiger partial charge on any atom is 0.124 e. The molecule has 0 aromatic heterocycles. The highest BCUT2D eigenvalue weighted by Crippen LogP contribution is 2.37. The molecule has 0 radical (unpaired) electrons. The Morgan fingerprint density at radius 3 is 2.71 bits per heavy atom. The summed E-state index contributed by atoms with van der Waals surface area (Å²) in [5.41, 5.74) is 1.27. The lowest BCUT2D eigenvalue weighted by molar-refractivity contribution is 0.0947. The van der Waals surface area contributed by atoms with Gasteiger partial charge in [-0.05, 0) is 46.2 Å². The Labute approximate surface area is 129 Å². The van der Waals surface area contributed by atoms with Gasteiger partial charge < -0.3 is 14.8 Å². The topological polar surface area (TPSA) is 30.5 Å². The molecule has 3 unspecified atom stereocenters. The van der Waals surface area contributed by atoms with Gasteiger partial charge in [-0.1, -0.05) is 25.1 Å². The predicted molar refractivity (Wildman–Crippen MR) is 86.8 cm³/mol. The van der Waals surface area contributed by atoms with Crippen LogP contribution in [0.1, 0.15) is 52.1 Å². The molecule has 0 aliphatic carbocycles. The van der Waals surface area contributed by atoms with Crippen molar-refractivity contribution in [3.05, 3.63) is 29.8 Å². The Bertz CT molecular complexity index is 433. The summed E-state index contributed by atoms with van der Waals surface area (Å²) >= 11 is 0. The maximum atomic E-state index is 6.02. The summed E-state index contributed by atoms with van der Waals surface area (Å²) in [6.45, 7) is 10.4. The summed E-state index contributed by atoms with van der Waals surface area (Å²) in [6.07, 6.45) is 2.73. The molecule has 0 spiro atoms. The van der Waals surface area contributed by atoms with Crippen LogP contribution in [0.2, 0.25) is 0 Å². The first-order valence-corrected chi connectivity index (χ1v) is 8.24. The van der Waals surface area contributed by atoms with Crippen molar-refractivity contribution in [2.45, 2.75) is 58.8 Å². The summed E-state index contributed by atoms with van der Waals surface area (Å²) in [4.78, 5) is 0. The molecule has 118 valence electrons. The van der Waals surface area contributed by atoms with E-state index in [0.29, 0.717) is 18.1 Å². The molecule has 0 saturated carbocycles. The predicted octanol–water partition coefficient (Wildman–Crippen LogP) is 3.94. The van der Waals surface area contributed by atoms with Gasteiger partial charge in [0.1, 0.15) is 5.75 Å². The third kappa shape index (κ3) is 4.21. The third-order valence-electron chi connectivity index (χ3n) is 4.09. The SMILES string of the molecule is CCCNC(c1ccccc1OC(C)C)C1CCOC1C. The van der Waals surface area contributed by atoms with Crippen LogP contribution in [0.15, 0.2) is 24.3 Å². The van der Waals surface area contributed by atoms with Gasteiger partial charge in [0.2, 0.25) is 0 Å². The van der Waals surface area contributed by atoms with Gasteiger partial charge in [-0.3, -0.25) is 0 Å². The van der Waals surface area contributed by atoms with E-state index in [4.69, 9.17) is 9.47 Å². The highest BCUT2D eigenvalue weighted by Gasteiger charge is 2.33. The second-order valence-electron chi connectivity index (χ2n) is 6.16. The van der Waals surface area contributed by atoms with E-state index < -0.39 is 0 Å². The van der Waals surface area contributed by atoms with Crippen LogP contribution in [0.4, 0.5) is 0 Å². The van der Waals surface area contributed by atoms with Crippen molar-refractivity contribution >= 4 is 0 Å². The Hall–Kier alpha value is -1.06. The Morgan fingerprint density at radius 1 is 1.33 bits per heavy atom. The van der Waals surface area contributed by atoms with Crippen molar-refractivity contribution in [3.8, 4) is 5.75 Å². The van der Waals surface area contributed by atoms with Gasteiger partial charge in [0.15, 0.2) is 0 Å². The zero-order chi connectivity index (χ0) is 15.2. The summed E-state index contributed by atoms with van der Waals surface area (Å²) in [5.74, 6) is 1.51. The molecule has 3 heteroatoms. The number of para-hydroxylation sites is 1. The van der Waals surface area contributed by atoms with Crippen LogP contribution in [0, 0.1) is 5.92 Å². The van der Waals surface area contributed by atoms with E-state index in [1.165, 1.54) is 5.56 Å². The van der Waals surface area contributed by atoms with Gasteiger partial charge in [0.25, 0.3) is 0 Å². The molecule has 1 N–H and O–H groups in total. The maximum absolute atomic E-state index is 6.02. The van der Waals surface area contributed by atoms with Crippen LogP contribution in [0.5, 0.6) is 5.75 Å². The fourth-order valence-corrected chi connectivity index (χ4v) is 3.08. The van der Waals surface area contributed by atoms with Crippen molar-refractivity contribution < 1.29 is 9.47 Å². The molecule has 1 aliphatic rings. The molecule has 3 nitrogen and oxygen atoms in total. The van der Waals surface area contributed by atoms with E-state index in [1.54, 1.807) is 0 Å². The first-order valence-electron chi connectivity index (χ1n) is 8.24. The van der Waals surface area contributed by atoms with Crippen molar-refractivity contribution in [2.75, 3.05) is 13.2 Å². The number of rotatable bonds is 7. The van der Waals surface area contributed by atoms with Gasteiger partial charge in [-0.25, -0.2) is 0 Å². The number of hydrogen-bond donors (Lipinski definition) is 1. The smallest absolute Gasteiger partial charge is 0.124 e. The van der Waals surface area contributed by atoms with E-state index in [0.717, 1.165) is 31.7 Å². The van der Waals surface area contributed by atoms with Crippen LogP contribution < -0.4 is 10.1 Å². The van der Waals surface area contributed by atoms with Gasteiger partial charge in [-0.15, -0.1) is 0 Å². The minimum Gasteiger partial charge on any atom is -0.491 e. The molecule has 1 aromatic rings. The summed E-state index contributed by atoms with van der Waals surface area (Å²) < 4.78 is 11.8. The molecule has 0 amide bonds. The fourth-order valence-electron chi connectivity index (χ4n) is 3.08. The molecule has 1 saturated heterocycles. The first-order chi connectivity index (χ1) is 10.1. The number of hydrogen-bond acceptors (Lipinski definition) is 3. The molecular weight excluding hydrogens is 262 g/mol. The molecule has 3 atom stereocenters. The van der Waals surface area contributed by atoms with E-state index in [2.05, 4.69) is 51.2 Å². The second-order valence-corrected chi connectivity index (χ2v) is 6.16. The van der Waals surface area contributed by atoms with Crippen molar-refractivity contribution in [1.82, 2.24) is 5.32 Å². The standard InChI is InChI=1S/C18H29NO2/c1-5-11-19-18(15-10-12-20-14(15)4)16-8-6-7-9-17(16)21-13(2)3/h6-9,13-15,18-19H,5,10-12H2,1-4H3. The number of benzene rings is 1. The molecule has 21 heavy (non-hydrogen) atoms. The molecular formula is C18H29NO2. The van der Waals surface area contributed by atoms with Crippen LogP contribution in [0.3, 0.4) is 0 Å². The second kappa shape index (κ2) is 7.81. The van der Waals surface area contributed by atoms with E-state index in [-0.39, 0.29) is 6.10 Å². The lowest BCUT2D eigenvalue weighted by Crippen LogP contribution is -2.33. The van der Waals surface area contributed by atoms with Crippen LogP contribution in [-0.4, -0.2) is 25.4 Å². The van der Waals surface area contributed by atoms with Gasteiger partial charge >= 0.3 is 0 Å². The Balaban J connectivity index is 2.27. The number of nitrogens with one attached hydrogen (secondary N) is 1. The molecule has 0 bridgehead atoms. The Kier molecular flexibility index (Phi) is 6.07. The third-order valence-corrected chi connectivity index (χ3v) is 4.09. The quantitative estimate of drug-likeness (QED) is 0.825. The zero-order valence-corrected chi connectivity index (χ0v) is 13.8.